The summed E-state index contributed by atoms with van der Waals surface area (Å²) >= 11 is 0. The van der Waals surface area contributed by atoms with Crippen LogP contribution in [0.4, 0.5) is 0 Å². The van der Waals surface area contributed by atoms with E-state index in [9.17, 15) is 0 Å². The zero-order valence-corrected chi connectivity index (χ0v) is 17.3. The smallest absolute Gasteiger partial charge is 0.191 e. The predicted molar refractivity (Wildman–Crippen MR) is 116 cm³/mol. The number of pyridine rings is 1. The summed E-state index contributed by atoms with van der Waals surface area (Å²) in [6, 6.07) is 14.1. The van der Waals surface area contributed by atoms with Crippen LogP contribution in [0.3, 0.4) is 0 Å². The molecule has 0 unspecified atom stereocenters. The number of hydrogen-bond donors (Lipinski definition) is 2. The van der Waals surface area contributed by atoms with E-state index < -0.39 is 0 Å². The molecular weight excluding hydrogens is 350 g/mol. The van der Waals surface area contributed by atoms with Crippen LogP contribution in [0.15, 0.2) is 53.7 Å². The highest BCUT2D eigenvalue weighted by Crippen LogP contribution is 2.13. The number of aromatic nitrogens is 1. The fraction of sp³-hybridized carbons (Fsp3) is 0.455. The van der Waals surface area contributed by atoms with Crippen LogP contribution in [-0.4, -0.2) is 48.6 Å². The van der Waals surface area contributed by atoms with Gasteiger partial charge in [0.2, 0.25) is 0 Å². The highest BCUT2D eigenvalue weighted by molar-refractivity contribution is 5.79. The molecule has 0 saturated heterocycles. The lowest BCUT2D eigenvalue weighted by molar-refractivity contribution is 0.223. The molecule has 0 radical (unpaired) electrons. The standard InChI is InChI=1S/C22H33N5O/c1-4-23-22(26-18-20-9-7-8-14-24-20)25-17-19-10-12-21(13-11-19)28-16-15-27(5-2)6-3/h7-14H,4-6,15-18H2,1-3H3,(H2,23,25,26). The Labute approximate surface area is 169 Å². The fourth-order valence-corrected chi connectivity index (χ4v) is 2.71. The molecule has 0 aliphatic carbocycles. The van der Waals surface area contributed by atoms with Crippen molar-refractivity contribution in [1.82, 2.24) is 20.5 Å². The number of rotatable bonds is 11. The van der Waals surface area contributed by atoms with Gasteiger partial charge in [0.05, 0.1) is 18.8 Å². The molecular formula is C22H33N5O. The van der Waals surface area contributed by atoms with Gasteiger partial charge >= 0.3 is 0 Å². The quantitative estimate of drug-likeness (QED) is 0.461. The van der Waals surface area contributed by atoms with Crippen molar-refractivity contribution in [3.05, 3.63) is 59.9 Å². The maximum atomic E-state index is 5.84. The summed E-state index contributed by atoms with van der Waals surface area (Å²) in [5.74, 6) is 1.69. The molecule has 0 aliphatic heterocycles. The zero-order chi connectivity index (χ0) is 20.0. The van der Waals surface area contributed by atoms with Gasteiger partial charge in [0.25, 0.3) is 0 Å². The molecule has 2 rings (SSSR count). The molecule has 1 aromatic heterocycles. The van der Waals surface area contributed by atoms with Gasteiger partial charge in [-0.15, -0.1) is 0 Å². The van der Waals surface area contributed by atoms with E-state index in [1.54, 1.807) is 6.20 Å². The first-order chi connectivity index (χ1) is 13.7. The summed E-state index contributed by atoms with van der Waals surface area (Å²) in [6.45, 7) is 12.2. The molecule has 0 amide bonds. The van der Waals surface area contributed by atoms with E-state index in [2.05, 4.69) is 58.4 Å². The molecule has 0 fully saturated rings. The van der Waals surface area contributed by atoms with Crippen LogP contribution in [0.2, 0.25) is 0 Å². The summed E-state index contributed by atoms with van der Waals surface area (Å²) in [5, 5.41) is 6.58. The summed E-state index contributed by atoms with van der Waals surface area (Å²) < 4.78 is 5.84. The minimum absolute atomic E-state index is 0.608. The molecule has 0 atom stereocenters. The first kappa shape index (κ1) is 21.7. The molecule has 2 aromatic rings. The first-order valence-electron chi connectivity index (χ1n) is 10.1. The Kier molecular flexibility index (Phi) is 9.86. The van der Waals surface area contributed by atoms with E-state index in [0.717, 1.165) is 49.1 Å². The molecule has 6 heteroatoms. The second-order valence-corrected chi connectivity index (χ2v) is 6.39. The Morgan fingerprint density at radius 3 is 2.46 bits per heavy atom. The molecule has 2 N–H and O–H groups in total. The van der Waals surface area contributed by atoms with Gasteiger partial charge in [-0.25, -0.2) is 4.99 Å². The summed E-state index contributed by atoms with van der Waals surface area (Å²) in [7, 11) is 0. The van der Waals surface area contributed by atoms with E-state index >= 15 is 0 Å². The van der Waals surface area contributed by atoms with Crippen molar-refractivity contribution in [1.29, 1.82) is 0 Å². The molecule has 1 aromatic carbocycles. The highest BCUT2D eigenvalue weighted by atomic mass is 16.5. The number of guanidine groups is 1. The number of likely N-dealkylation sites (N-methyl/N-ethyl adjacent to an activating group) is 1. The van der Waals surface area contributed by atoms with E-state index in [-0.39, 0.29) is 0 Å². The molecule has 1 heterocycles. The summed E-state index contributed by atoms with van der Waals surface area (Å²) in [5.41, 5.74) is 2.13. The van der Waals surface area contributed by atoms with Crippen molar-refractivity contribution in [2.24, 2.45) is 4.99 Å². The van der Waals surface area contributed by atoms with Gasteiger partial charge in [0.15, 0.2) is 5.96 Å². The number of ether oxygens (including phenoxy) is 1. The molecule has 152 valence electrons. The lowest BCUT2D eigenvalue weighted by Crippen LogP contribution is -2.36. The van der Waals surface area contributed by atoms with Gasteiger partial charge in [0, 0.05) is 19.3 Å². The van der Waals surface area contributed by atoms with Crippen molar-refractivity contribution in [3.63, 3.8) is 0 Å². The van der Waals surface area contributed by atoms with Gasteiger partial charge in [0.1, 0.15) is 12.4 Å². The second-order valence-electron chi connectivity index (χ2n) is 6.39. The lowest BCUT2D eigenvalue weighted by Gasteiger charge is -2.18. The van der Waals surface area contributed by atoms with E-state index in [4.69, 9.17) is 4.74 Å². The largest absolute Gasteiger partial charge is 0.492 e. The number of aliphatic imine (C=N–C) groups is 1. The SMILES string of the molecule is CCNC(=NCc1ccc(OCCN(CC)CC)cc1)NCc1ccccn1. The van der Waals surface area contributed by atoms with Crippen LogP contribution in [0.1, 0.15) is 32.0 Å². The number of nitrogens with zero attached hydrogens (tertiary/aromatic N) is 3. The zero-order valence-electron chi connectivity index (χ0n) is 17.3. The molecule has 28 heavy (non-hydrogen) atoms. The normalized spacial score (nSPS) is 11.5. The monoisotopic (exact) mass is 383 g/mol. The van der Waals surface area contributed by atoms with Crippen LogP contribution < -0.4 is 15.4 Å². The van der Waals surface area contributed by atoms with Gasteiger partial charge < -0.3 is 20.3 Å². The van der Waals surface area contributed by atoms with Crippen molar-refractivity contribution >= 4 is 5.96 Å². The Morgan fingerprint density at radius 1 is 1.04 bits per heavy atom. The molecule has 0 saturated carbocycles. The lowest BCUT2D eigenvalue weighted by atomic mass is 10.2. The topological polar surface area (TPSA) is 61.8 Å². The van der Waals surface area contributed by atoms with Gasteiger partial charge in [-0.1, -0.05) is 32.0 Å². The van der Waals surface area contributed by atoms with Gasteiger partial charge in [-0.2, -0.15) is 0 Å². The predicted octanol–water partition coefficient (Wildman–Crippen LogP) is 3.06. The third kappa shape index (κ3) is 7.96. The third-order valence-electron chi connectivity index (χ3n) is 4.42. The van der Waals surface area contributed by atoms with Gasteiger partial charge in [-0.3, -0.25) is 4.98 Å². The minimum Gasteiger partial charge on any atom is -0.492 e. The average molecular weight is 384 g/mol. The van der Waals surface area contributed by atoms with Gasteiger partial charge in [-0.05, 0) is 49.8 Å². The third-order valence-corrected chi connectivity index (χ3v) is 4.42. The van der Waals surface area contributed by atoms with Crippen molar-refractivity contribution in [3.8, 4) is 5.75 Å². The Hall–Kier alpha value is -2.60. The number of nitrogens with one attached hydrogen (secondary N) is 2. The Morgan fingerprint density at radius 2 is 1.82 bits per heavy atom. The number of hydrogen-bond acceptors (Lipinski definition) is 4. The highest BCUT2D eigenvalue weighted by Gasteiger charge is 2.01. The minimum atomic E-state index is 0.608. The maximum Gasteiger partial charge on any atom is 0.191 e. The summed E-state index contributed by atoms with van der Waals surface area (Å²) in [6.07, 6.45) is 1.80. The Bertz CT molecular complexity index is 684. The van der Waals surface area contributed by atoms with E-state index in [1.165, 1.54) is 0 Å². The van der Waals surface area contributed by atoms with E-state index in [0.29, 0.717) is 19.7 Å². The van der Waals surface area contributed by atoms with Crippen LogP contribution in [-0.2, 0) is 13.1 Å². The molecule has 0 bridgehead atoms. The van der Waals surface area contributed by atoms with Crippen molar-refractivity contribution in [2.45, 2.75) is 33.9 Å². The van der Waals surface area contributed by atoms with Crippen LogP contribution >= 0.6 is 0 Å². The van der Waals surface area contributed by atoms with Crippen LogP contribution in [0, 0.1) is 0 Å². The Balaban J connectivity index is 1.82. The second kappa shape index (κ2) is 12.7. The number of benzene rings is 1. The maximum absolute atomic E-state index is 5.84. The van der Waals surface area contributed by atoms with Crippen LogP contribution in [0.25, 0.3) is 0 Å². The molecule has 0 spiro atoms. The van der Waals surface area contributed by atoms with E-state index in [1.807, 2.05) is 30.3 Å². The van der Waals surface area contributed by atoms with Crippen molar-refractivity contribution in [2.75, 3.05) is 32.8 Å². The molecule has 0 aliphatic rings. The first-order valence-corrected chi connectivity index (χ1v) is 10.1. The average Bonchev–Trinajstić information content (AvgIpc) is 2.75. The molecule has 6 nitrogen and oxygen atoms in total. The fourth-order valence-electron chi connectivity index (χ4n) is 2.71. The van der Waals surface area contributed by atoms with Crippen molar-refractivity contribution < 1.29 is 4.74 Å². The van der Waals surface area contributed by atoms with Crippen LogP contribution in [0.5, 0.6) is 5.75 Å². The summed E-state index contributed by atoms with van der Waals surface area (Å²) in [4.78, 5) is 11.3.